The Labute approximate surface area is 154 Å². The molecule has 1 fully saturated rings. The lowest BCUT2D eigenvalue weighted by Crippen LogP contribution is -2.50. The highest BCUT2D eigenvalue weighted by Gasteiger charge is 2.42. The first-order valence-electron chi connectivity index (χ1n) is 8.51. The van der Waals surface area contributed by atoms with Crippen molar-refractivity contribution in [2.45, 2.75) is 19.8 Å². The quantitative estimate of drug-likeness (QED) is 0.807. The molecular formula is C18H19N3O4S. The summed E-state index contributed by atoms with van der Waals surface area (Å²) in [6.07, 6.45) is 1.32. The van der Waals surface area contributed by atoms with Gasteiger partial charge in [-0.05, 0) is 38.0 Å². The van der Waals surface area contributed by atoms with E-state index in [-0.39, 0.29) is 11.8 Å². The first-order valence-corrected chi connectivity index (χ1v) is 9.39. The van der Waals surface area contributed by atoms with E-state index >= 15 is 0 Å². The van der Waals surface area contributed by atoms with E-state index in [1.165, 1.54) is 11.3 Å². The summed E-state index contributed by atoms with van der Waals surface area (Å²) >= 11 is 1.33. The van der Waals surface area contributed by atoms with Crippen LogP contribution in [-0.4, -0.2) is 36.6 Å². The molecule has 2 aliphatic rings. The number of amides is 2. The van der Waals surface area contributed by atoms with Gasteiger partial charge in [-0.2, -0.15) is 0 Å². The minimum absolute atomic E-state index is 0.232. The summed E-state index contributed by atoms with van der Waals surface area (Å²) < 4.78 is 11.1. The van der Waals surface area contributed by atoms with Crippen molar-refractivity contribution in [3.63, 3.8) is 0 Å². The van der Waals surface area contributed by atoms with E-state index in [1.54, 1.807) is 6.92 Å². The van der Waals surface area contributed by atoms with Crippen LogP contribution < -0.4 is 20.1 Å². The zero-order chi connectivity index (χ0) is 18.1. The highest BCUT2D eigenvalue weighted by Crippen LogP contribution is 2.36. The van der Waals surface area contributed by atoms with E-state index in [0.29, 0.717) is 37.1 Å². The number of hydrogen-bond acceptors (Lipinski definition) is 6. The molecule has 3 heterocycles. The number of ether oxygens (including phenoxy) is 2. The molecule has 0 unspecified atom stereocenters. The zero-order valence-electron chi connectivity index (χ0n) is 14.3. The lowest BCUT2D eigenvalue weighted by Gasteiger charge is -2.30. The van der Waals surface area contributed by atoms with Gasteiger partial charge in [-0.3, -0.25) is 9.59 Å². The third-order valence-electron chi connectivity index (χ3n) is 4.70. The van der Waals surface area contributed by atoms with Crippen molar-refractivity contribution in [2.24, 2.45) is 5.41 Å². The topological polar surface area (TPSA) is 89.6 Å². The SMILES string of the molecule is C[C@]1(C(=O)Nc2nc(-c3ccc4c(c3)OCCO4)cs2)CCCNC1=O. The van der Waals surface area contributed by atoms with E-state index in [9.17, 15) is 9.59 Å². The lowest BCUT2D eigenvalue weighted by atomic mass is 9.81. The maximum atomic E-state index is 12.6. The summed E-state index contributed by atoms with van der Waals surface area (Å²) in [5.41, 5.74) is 0.564. The normalized spacial score (nSPS) is 21.8. The van der Waals surface area contributed by atoms with E-state index in [2.05, 4.69) is 15.6 Å². The summed E-state index contributed by atoms with van der Waals surface area (Å²) in [5.74, 6) is 0.862. The fraction of sp³-hybridized carbons (Fsp3) is 0.389. The standard InChI is InChI=1S/C18H19N3O4S/c1-18(5-2-6-19-15(18)22)16(23)21-17-20-12(10-26-17)11-3-4-13-14(9-11)25-8-7-24-13/h3-4,9-10H,2,5-8H2,1H3,(H,19,22)(H,20,21,23)/t18-/m0/s1. The molecule has 0 aliphatic carbocycles. The molecule has 26 heavy (non-hydrogen) atoms. The molecule has 2 N–H and O–H groups in total. The Kier molecular flexibility index (Phi) is 4.28. The van der Waals surface area contributed by atoms with Crippen molar-refractivity contribution in [3.05, 3.63) is 23.6 Å². The van der Waals surface area contributed by atoms with E-state index in [1.807, 2.05) is 23.6 Å². The van der Waals surface area contributed by atoms with Crippen molar-refractivity contribution in [1.82, 2.24) is 10.3 Å². The average Bonchev–Trinajstić information content (AvgIpc) is 3.12. The average molecular weight is 373 g/mol. The van der Waals surface area contributed by atoms with Crippen LogP contribution >= 0.6 is 11.3 Å². The summed E-state index contributed by atoms with van der Waals surface area (Å²) in [6, 6.07) is 5.64. The first kappa shape index (κ1) is 16.8. The second-order valence-electron chi connectivity index (χ2n) is 6.54. The molecule has 1 aromatic heterocycles. The molecule has 8 heteroatoms. The van der Waals surface area contributed by atoms with Crippen molar-refractivity contribution in [2.75, 3.05) is 25.1 Å². The number of benzene rings is 1. The third kappa shape index (κ3) is 3.01. The van der Waals surface area contributed by atoms with Gasteiger partial charge in [0.15, 0.2) is 16.6 Å². The van der Waals surface area contributed by atoms with Crippen LogP contribution in [0.15, 0.2) is 23.6 Å². The van der Waals surface area contributed by atoms with Gasteiger partial charge in [0.05, 0.1) is 5.69 Å². The molecule has 7 nitrogen and oxygen atoms in total. The lowest BCUT2D eigenvalue weighted by molar-refractivity contribution is -0.141. The number of anilines is 1. The van der Waals surface area contributed by atoms with Crippen molar-refractivity contribution in [1.29, 1.82) is 0 Å². The number of carbonyl (C=O) groups excluding carboxylic acids is 2. The molecule has 0 spiro atoms. The summed E-state index contributed by atoms with van der Waals surface area (Å²) in [6.45, 7) is 3.36. The monoisotopic (exact) mass is 373 g/mol. The van der Waals surface area contributed by atoms with Gasteiger partial charge in [0.2, 0.25) is 11.8 Å². The van der Waals surface area contributed by atoms with Gasteiger partial charge in [-0.1, -0.05) is 0 Å². The smallest absolute Gasteiger partial charge is 0.241 e. The molecule has 2 aliphatic heterocycles. The molecule has 136 valence electrons. The van der Waals surface area contributed by atoms with Gasteiger partial charge < -0.3 is 20.1 Å². The van der Waals surface area contributed by atoms with Crippen molar-refractivity contribution >= 4 is 28.3 Å². The Morgan fingerprint density at radius 3 is 2.92 bits per heavy atom. The number of hydrogen-bond donors (Lipinski definition) is 2. The number of piperidine rings is 1. The molecule has 0 radical (unpaired) electrons. The number of rotatable bonds is 3. The summed E-state index contributed by atoms with van der Waals surface area (Å²) in [5, 5.41) is 7.88. The Bertz CT molecular complexity index is 866. The second-order valence-corrected chi connectivity index (χ2v) is 7.40. The van der Waals surface area contributed by atoms with Crippen LogP contribution in [0.1, 0.15) is 19.8 Å². The van der Waals surface area contributed by atoms with Gasteiger partial charge in [0, 0.05) is 17.5 Å². The zero-order valence-corrected chi connectivity index (χ0v) is 15.1. The van der Waals surface area contributed by atoms with Gasteiger partial charge in [0.1, 0.15) is 18.6 Å². The number of carbonyl (C=O) groups is 2. The van der Waals surface area contributed by atoms with Crippen molar-refractivity contribution in [3.8, 4) is 22.8 Å². The van der Waals surface area contributed by atoms with Crippen LogP contribution in [-0.2, 0) is 9.59 Å². The summed E-state index contributed by atoms with van der Waals surface area (Å²) in [7, 11) is 0. The van der Waals surface area contributed by atoms with Crippen LogP contribution in [0.25, 0.3) is 11.3 Å². The number of fused-ring (bicyclic) bond motifs is 1. The van der Waals surface area contributed by atoms with Gasteiger partial charge >= 0.3 is 0 Å². The van der Waals surface area contributed by atoms with Crippen LogP contribution in [0.2, 0.25) is 0 Å². The molecule has 2 amide bonds. The number of thiazole rings is 1. The molecule has 1 atom stereocenters. The predicted octanol–water partition coefficient (Wildman–Crippen LogP) is 2.44. The Morgan fingerprint density at radius 2 is 2.12 bits per heavy atom. The second kappa shape index (κ2) is 6.60. The number of nitrogens with one attached hydrogen (secondary N) is 2. The molecule has 1 saturated heterocycles. The highest BCUT2D eigenvalue weighted by atomic mass is 32.1. The predicted molar refractivity (Wildman–Crippen MR) is 97.5 cm³/mol. The van der Waals surface area contributed by atoms with E-state index in [4.69, 9.17) is 9.47 Å². The van der Waals surface area contributed by atoms with Gasteiger partial charge in [0.25, 0.3) is 0 Å². The Morgan fingerprint density at radius 1 is 1.31 bits per heavy atom. The van der Waals surface area contributed by atoms with Gasteiger partial charge in [-0.25, -0.2) is 4.98 Å². The number of aromatic nitrogens is 1. The van der Waals surface area contributed by atoms with Crippen LogP contribution in [0, 0.1) is 5.41 Å². The van der Waals surface area contributed by atoms with Crippen LogP contribution in [0.5, 0.6) is 11.5 Å². The van der Waals surface area contributed by atoms with E-state index in [0.717, 1.165) is 23.4 Å². The molecule has 0 bridgehead atoms. The minimum Gasteiger partial charge on any atom is -0.486 e. The van der Waals surface area contributed by atoms with Crippen molar-refractivity contribution < 1.29 is 19.1 Å². The molecule has 1 aromatic carbocycles. The maximum Gasteiger partial charge on any atom is 0.241 e. The largest absolute Gasteiger partial charge is 0.486 e. The molecule has 0 saturated carbocycles. The maximum absolute atomic E-state index is 12.6. The fourth-order valence-electron chi connectivity index (χ4n) is 3.07. The third-order valence-corrected chi connectivity index (χ3v) is 5.46. The van der Waals surface area contributed by atoms with Crippen LogP contribution in [0.4, 0.5) is 5.13 Å². The molecule has 2 aromatic rings. The Hall–Kier alpha value is -2.61. The highest BCUT2D eigenvalue weighted by molar-refractivity contribution is 7.14. The number of nitrogens with zero attached hydrogens (tertiary/aromatic N) is 1. The van der Waals surface area contributed by atoms with Crippen LogP contribution in [0.3, 0.4) is 0 Å². The molecular weight excluding hydrogens is 354 g/mol. The minimum atomic E-state index is -1.05. The Balaban J connectivity index is 1.51. The van der Waals surface area contributed by atoms with Gasteiger partial charge in [-0.15, -0.1) is 11.3 Å². The first-order chi connectivity index (χ1) is 12.6. The van der Waals surface area contributed by atoms with E-state index < -0.39 is 5.41 Å². The fourth-order valence-corrected chi connectivity index (χ4v) is 3.79. The molecule has 4 rings (SSSR count). The summed E-state index contributed by atoms with van der Waals surface area (Å²) in [4.78, 5) is 29.2.